The third kappa shape index (κ3) is 5.23. The number of nitro groups is 2. The van der Waals surface area contributed by atoms with Crippen LogP contribution in [-0.2, 0) is 20.8 Å². The van der Waals surface area contributed by atoms with E-state index in [9.17, 15) is 52.9 Å². The van der Waals surface area contributed by atoms with Gasteiger partial charge in [-0.05, 0) is 29.3 Å². The zero-order valence-corrected chi connectivity index (χ0v) is 21.6. The van der Waals surface area contributed by atoms with Crippen LogP contribution in [0.15, 0.2) is 72.8 Å². The van der Waals surface area contributed by atoms with Crippen LogP contribution in [0.5, 0.6) is 5.75 Å². The lowest BCUT2D eigenvalue weighted by molar-refractivity contribution is -0.385. The van der Waals surface area contributed by atoms with Crippen molar-refractivity contribution in [1.29, 1.82) is 0 Å². The number of imide groups is 1. The number of fused-ring (bicyclic) bond motifs is 1. The van der Waals surface area contributed by atoms with Gasteiger partial charge in [0.1, 0.15) is 11.3 Å². The predicted octanol–water partition coefficient (Wildman–Crippen LogP) is 3.92. The lowest BCUT2D eigenvalue weighted by Crippen LogP contribution is -2.57. The minimum atomic E-state index is -5.05. The summed E-state index contributed by atoms with van der Waals surface area (Å²) >= 11 is 0. The number of non-ortho nitro benzene ring substituents is 2. The fourth-order valence-corrected chi connectivity index (χ4v) is 5.69. The smallest absolute Gasteiger partial charge is 0.480 e. The zero-order chi connectivity index (χ0) is 31.3. The Kier molecular flexibility index (Phi) is 7.09. The Hall–Kier alpha value is -5.38. The summed E-state index contributed by atoms with van der Waals surface area (Å²) < 4.78 is 42.8. The Bertz CT molecular complexity index is 1660. The molecule has 4 atom stereocenters. The van der Waals surface area contributed by atoms with Crippen molar-refractivity contribution < 1.29 is 47.2 Å². The van der Waals surface area contributed by atoms with Gasteiger partial charge in [0.15, 0.2) is 0 Å². The molecule has 43 heavy (non-hydrogen) atoms. The molecule has 2 aliphatic rings. The lowest BCUT2D eigenvalue weighted by Gasteiger charge is -2.31. The van der Waals surface area contributed by atoms with Crippen LogP contribution in [0.25, 0.3) is 0 Å². The molecule has 0 saturated carbocycles. The lowest BCUT2D eigenvalue weighted by atomic mass is 9.76. The highest BCUT2D eigenvalue weighted by molar-refractivity contribution is 6.24. The van der Waals surface area contributed by atoms with Crippen LogP contribution in [0.2, 0.25) is 0 Å². The van der Waals surface area contributed by atoms with Crippen LogP contribution in [-0.4, -0.2) is 44.6 Å². The number of carbonyl (C=O) groups excluding carboxylic acids is 2. The summed E-state index contributed by atoms with van der Waals surface area (Å²) in [6, 6.07) is 12.6. The predicted molar refractivity (Wildman–Crippen MR) is 139 cm³/mol. The van der Waals surface area contributed by atoms with Crippen LogP contribution in [0, 0.1) is 32.1 Å². The van der Waals surface area contributed by atoms with Gasteiger partial charge < -0.3 is 9.84 Å². The Morgan fingerprint density at radius 3 is 2.21 bits per heavy atom. The minimum Gasteiger partial charge on any atom is -0.480 e. The van der Waals surface area contributed by atoms with Crippen LogP contribution < -0.4 is 15.0 Å². The van der Waals surface area contributed by atoms with Gasteiger partial charge in [0.2, 0.25) is 11.8 Å². The number of amides is 2. The Morgan fingerprint density at radius 2 is 1.60 bits per heavy atom. The van der Waals surface area contributed by atoms with Gasteiger partial charge >= 0.3 is 12.3 Å². The number of hydrogen-bond donors (Lipinski definition) is 2. The van der Waals surface area contributed by atoms with E-state index in [1.807, 2.05) is 0 Å². The normalized spacial score (nSPS) is 23.2. The van der Waals surface area contributed by atoms with Gasteiger partial charge in [0.05, 0.1) is 27.4 Å². The van der Waals surface area contributed by atoms with Crippen LogP contribution in [0.1, 0.15) is 17.2 Å². The number of benzene rings is 3. The molecule has 0 spiro atoms. The van der Waals surface area contributed by atoms with Crippen molar-refractivity contribution in [1.82, 2.24) is 5.32 Å². The van der Waals surface area contributed by atoms with Crippen molar-refractivity contribution in [3.05, 3.63) is 104 Å². The summed E-state index contributed by atoms with van der Waals surface area (Å²) in [6.07, 6.45) is -5.51. The number of nitrogens with one attached hydrogen (secondary N) is 1. The molecule has 0 aliphatic carbocycles. The number of anilines is 1. The molecule has 2 saturated heterocycles. The molecule has 0 radical (unpaired) electrons. The topological polar surface area (TPSA) is 182 Å². The number of hydrogen-bond acceptors (Lipinski definition) is 9. The molecule has 0 aromatic heterocycles. The third-order valence-electron chi connectivity index (χ3n) is 7.42. The summed E-state index contributed by atoms with van der Waals surface area (Å²) in [7, 11) is 0. The summed E-state index contributed by atoms with van der Waals surface area (Å²) in [5.41, 5.74) is -2.91. The van der Waals surface area contributed by atoms with Gasteiger partial charge in [-0.1, -0.05) is 30.3 Å². The van der Waals surface area contributed by atoms with E-state index in [1.54, 1.807) is 0 Å². The maximum atomic E-state index is 13.9. The fraction of sp³-hybridized carbons (Fsp3) is 0.222. The highest BCUT2D eigenvalue weighted by Gasteiger charge is 2.68. The number of alkyl halides is 3. The molecule has 2 amide bonds. The summed E-state index contributed by atoms with van der Waals surface area (Å²) in [5.74, 6) is -7.27. The van der Waals surface area contributed by atoms with Gasteiger partial charge in [-0.25, -0.2) is 4.90 Å². The molecule has 2 aliphatic heterocycles. The number of halogens is 3. The first-order chi connectivity index (χ1) is 20.2. The van der Waals surface area contributed by atoms with E-state index in [0.717, 1.165) is 36.4 Å². The molecule has 0 bridgehead atoms. The van der Waals surface area contributed by atoms with Crippen molar-refractivity contribution in [3.63, 3.8) is 0 Å². The average molecular weight is 600 g/mol. The first-order valence-corrected chi connectivity index (χ1v) is 12.4. The number of rotatable bonds is 8. The van der Waals surface area contributed by atoms with Crippen molar-refractivity contribution >= 4 is 34.8 Å². The van der Waals surface area contributed by atoms with Crippen molar-refractivity contribution in [2.24, 2.45) is 11.8 Å². The first kappa shape index (κ1) is 29.1. The fourth-order valence-electron chi connectivity index (χ4n) is 5.69. The maximum Gasteiger partial charge on any atom is 0.573 e. The number of ether oxygens (including phenoxy) is 1. The Balaban J connectivity index is 1.64. The average Bonchev–Trinajstić information content (AvgIpc) is 3.42. The Morgan fingerprint density at radius 1 is 0.953 bits per heavy atom. The van der Waals surface area contributed by atoms with Crippen LogP contribution in [0.3, 0.4) is 0 Å². The first-order valence-electron chi connectivity index (χ1n) is 12.4. The third-order valence-corrected chi connectivity index (χ3v) is 7.42. The van der Waals surface area contributed by atoms with E-state index in [0.29, 0.717) is 4.90 Å². The number of carbonyl (C=O) groups is 3. The Labute approximate surface area is 238 Å². The maximum absolute atomic E-state index is 13.9. The molecule has 2 N–H and O–H groups in total. The summed E-state index contributed by atoms with van der Waals surface area (Å²) in [6.45, 7) is 0. The highest BCUT2D eigenvalue weighted by Crippen LogP contribution is 2.51. The van der Waals surface area contributed by atoms with Gasteiger partial charge in [-0.15, -0.1) is 13.2 Å². The van der Waals surface area contributed by atoms with Crippen LogP contribution in [0.4, 0.5) is 30.2 Å². The quantitative estimate of drug-likeness (QED) is 0.218. The number of nitro benzene ring substituents is 2. The minimum absolute atomic E-state index is 0.00520. The van der Waals surface area contributed by atoms with Crippen LogP contribution >= 0.6 is 0 Å². The second-order valence-corrected chi connectivity index (χ2v) is 9.91. The van der Waals surface area contributed by atoms with Gasteiger partial charge in [0, 0.05) is 36.7 Å². The molecule has 13 nitrogen and oxygen atoms in total. The standard InChI is InChI=1S/C27H19F3N4O9/c28-27(29,30)43-19-6-1-3-15(11-19)22-20-21(24(36)32(23(20)35)17-4-2-5-18(12-17)34(41)42)26(31-22,25(37)38)13-14-7-9-16(10-8-14)33(39)40/h1-12,20-22,31H,13H2,(H,37,38). The van der Waals surface area contributed by atoms with E-state index in [4.69, 9.17) is 0 Å². The second kappa shape index (κ2) is 10.5. The van der Waals surface area contributed by atoms with E-state index in [2.05, 4.69) is 10.1 Å². The summed E-state index contributed by atoms with van der Waals surface area (Å²) in [4.78, 5) is 62.5. The molecular weight excluding hydrogens is 581 g/mol. The molecule has 2 heterocycles. The second-order valence-electron chi connectivity index (χ2n) is 9.91. The molecule has 2 fully saturated rings. The van der Waals surface area contributed by atoms with E-state index < -0.39 is 75.3 Å². The monoisotopic (exact) mass is 600 g/mol. The van der Waals surface area contributed by atoms with E-state index in [-0.39, 0.29) is 22.5 Å². The molecular formula is C27H19F3N4O9. The van der Waals surface area contributed by atoms with Crippen molar-refractivity contribution in [2.45, 2.75) is 24.4 Å². The zero-order valence-electron chi connectivity index (χ0n) is 21.6. The molecule has 16 heteroatoms. The number of carboxylic acids is 1. The van der Waals surface area contributed by atoms with Gasteiger partial charge in [-0.3, -0.25) is 39.9 Å². The highest BCUT2D eigenvalue weighted by atomic mass is 19.4. The molecule has 4 unspecified atom stereocenters. The number of aliphatic carboxylic acids is 1. The number of nitrogens with zero attached hydrogens (tertiary/aromatic N) is 3. The van der Waals surface area contributed by atoms with Gasteiger partial charge in [-0.2, -0.15) is 0 Å². The van der Waals surface area contributed by atoms with E-state index in [1.165, 1.54) is 36.4 Å². The summed E-state index contributed by atoms with van der Waals surface area (Å²) in [5, 5.41) is 35.8. The molecule has 3 aromatic rings. The molecule has 3 aromatic carbocycles. The van der Waals surface area contributed by atoms with Gasteiger partial charge in [0.25, 0.3) is 11.4 Å². The van der Waals surface area contributed by atoms with E-state index >= 15 is 0 Å². The van der Waals surface area contributed by atoms with Crippen molar-refractivity contribution in [3.8, 4) is 5.75 Å². The number of carboxylic acid groups (broad SMARTS) is 1. The largest absolute Gasteiger partial charge is 0.573 e. The molecule has 222 valence electrons. The molecule has 5 rings (SSSR count). The SMILES string of the molecule is O=C1C2C(c3cccc(OC(F)(F)F)c3)NC(Cc3ccc([N+](=O)[O-])cc3)(C(=O)O)C2C(=O)N1c1cccc([N+](=O)[O-])c1. The van der Waals surface area contributed by atoms with Crippen molar-refractivity contribution in [2.75, 3.05) is 4.90 Å².